The lowest BCUT2D eigenvalue weighted by Gasteiger charge is -2.23. The topological polar surface area (TPSA) is 15.3 Å². The van der Waals surface area contributed by atoms with Gasteiger partial charge >= 0.3 is 0 Å². The number of benzene rings is 1. The fraction of sp³-hybridized carbons (Fsp3) is 0.625. The van der Waals surface area contributed by atoms with Gasteiger partial charge in [0, 0.05) is 31.4 Å². The summed E-state index contributed by atoms with van der Waals surface area (Å²) in [6.07, 6.45) is 2.38. The van der Waals surface area contributed by atoms with E-state index in [1.807, 2.05) is 6.07 Å². The first-order valence-electron chi connectivity index (χ1n) is 7.32. The van der Waals surface area contributed by atoms with Crippen LogP contribution in [0.25, 0.3) is 0 Å². The first-order valence-corrected chi connectivity index (χ1v) is 7.32. The van der Waals surface area contributed by atoms with Gasteiger partial charge in [-0.3, -0.25) is 0 Å². The molecule has 2 rings (SSSR count). The molecular weight excluding hydrogens is 239 g/mol. The van der Waals surface area contributed by atoms with Crippen molar-refractivity contribution in [2.75, 3.05) is 25.0 Å². The van der Waals surface area contributed by atoms with Crippen molar-refractivity contribution in [2.24, 2.45) is 11.8 Å². The van der Waals surface area contributed by atoms with E-state index in [1.54, 1.807) is 12.1 Å². The Hall–Kier alpha value is -1.09. The maximum absolute atomic E-state index is 14.0. The summed E-state index contributed by atoms with van der Waals surface area (Å²) in [5, 5.41) is 3.30. The number of rotatable bonds is 7. The van der Waals surface area contributed by atoms with E-state index in [2.05, 4.69) is 31.1 Å². The van der Waals surface area contributed by atoms with Crippen LogP contribution in [0.5, 0.6) is 0 Å². The van der Waals surface area contributed by atoms with E-state index in [1.165, 1.54) is 6.42 Å². The number of hydrogen-bond acceptors (Lipinski definition) is 2. The predicted molar refractivity (Wildman–Crippen MR) is 78.9 cm³/mol. The molecule has 2 nitrogen and oxygen atoms in total. The van der Waals surface area contributed by atoms with E-state index in [4.69, 9.17) is 0 Å². The molecule has 19 heavy (non-hydrogen) atoms. The molecule has 1 N–H and O–H groups in total. The quantitative estimate of drug-likeness (QED) is 0.759. The van der Waals surface area contributed by atoms with E-state index in [9.17, 15) is 4.39 Å². The van der Waals surface area contributed by atoms with Gasteiger partial charge in [-0.1, -0.05) is 19.9 Å². The molecule has 1 fully saturated rings. The lowest BCUT2D eigenvalue weighted by molar-refractivity contribution is 0.584. The highest BCUT2D eigenvalue weighted by molar-refractivity contribution is 5.53. The lowest BCUT2D eigenvalue weighted by atomic mass is 10.1. The zero-order valence-electron chi connectivity index (χ0n) is 12.2. The Kier molecular flexibility index (Phi) is 4.81. The fourth-order valence-corrected chi connectivity index (χ4v) is 2.57. The molecule has 0 bridgehead atoms. The minimum Gasteiger partial charge on any atom is -0.374 e. The number of halogens is 1. The van der Waals surface area contributed by atoms with Crippen molar-refractivity contribution >= 4 is 5.69 Å². The van der Waals surface area contributed by atoms with Gasteiger partial charge in [-0.05, 0) is 43.4 Å². The maximum atomic E-state index is 14.0. The Bertz CT molecular complexity index is 419. The molecule has 0 heterocycles. The second-order valence-corrected chi connectivity index (χ2v) is 5.77. The minimum atomic E-state index is -0.100. The van der Waals surface area contributed by atoms with Crippen molar-refractivity contribution in [1.29, 1.82) is 0 Å². The molecule has 0 aliphatic heterocycles. The first-order chi connectivity index (χ1) is 9.13. The molecule has 1 aromatic rings. The lowest BCUT2D eigenvalue weighted by Crippen LogP contribution is -2.24. The van der Waals surface area contributed by atoms with Gasteiger partial charge in [-0.15, -0.1) is 0 Å². The number of nitrogens with one attached hydrogen (secondary N) is 1. The number of anilines is 1. The van der Waals surface area contributed by atoms with Crippen LogP contribution in [0.2, 0.25) is 0 Å². The van der Waals surface area contributed by atoms with Crippen LogP contribution in [-0.2, 0) is 6.54 Å². The van der Waals surface area contributed by atoms with Crippen LogP contribution in [-0.4, -0.2) is 20.1 Å². The number of nitrogens with zero attached hydrogens (tertiary/aromatic N) is 1. The fourth-order valence-electron chi connectivity index (χ4n) is 2.57. The summed E-state index contributed by atoms with van der Waals surface area (Å²) in [6, 6.07) is 5.39. The Morgan fingerprint density at radius 3 is 2.79 bits per heavy atom. The third kappa shape index (κ3) is 3.69. The molecule has 0 saturated heterocycles. The van der Waals surface area contributed by atoms with Crippen molar-refractivity contribution < 1.29 is 4.39 Å². The van der Waals surface area contributed by atoms with E-state index < -0.39 is 0 Å². The van der Waals surface area contributed by atoms with E-state index in [0.29, 0.717) is 6.54 Å². The molecule has 1 aromatic carbocycles. The third-order valence-electron chi connectivity index (χ3n) is 4.02. The minimum absolute atomic E-state index is 0.100. The van der Waals surface area contributed by atoms with Crippen LogP contribution < -0.4 is 10.2 Å². The van der Waals surface area contributed by atoms with E-state index in [-0.39, 0.29) is 5.82 Å². The highest BCUT2D eigenvalue weighted by Crippen LogP contribution is 2.39. The molecule has 1 aliphatic rings. The molecule has 106 valence electrons. The molecule has 1 aliphatic carbocycles. The van der Waals surface area contributed by atoms with Crippen LogP contribution in [0.15, 0.2) is 18.2 Å². The van der Waals surface area contributed by atoms with Gasteiger partial charge < -0.3 is 10.2 Å². The van der Waals surface area contributed by atoms with E-state index in [0.717, 1.165) is 42.6 Å². The first kappa shape index (κ1) is 14.3. The monoisotopic (exact) mass is 264 g/mol. The van der Waals surface area contributed by atoms with Crippen molar-refractivity contribution in [3.05, 3.63) is 29.6 Å². The van der Waals surface area contributed by atoms with Crippen LogP contribution in [0.1, 0.15) is 32.3 Å². The number of hydrogen-bond donors (Lipinski definition) is 1. The Morgan fingerprint density at radius 2 is 2.16 bits per heavy atom. The van der Waals surface area contributed by atoms with Gasteiger partial charge in [-0.2, -0.15) is 0 Å². The van der Waals surface area contributed by atoms with Gasteiger partial charge in [0.25, 0.3) is 0 Å². The average molecular weight is 264 g/mol. The van der Waals surface area contributed by atoms with Crippen LogP contribution >= 0.6 is 0 Å². The molecule has 0 aromatic heterocycles. The molecule has 1 saturated carbocycles. The van der Waals surface area contributed by atoms with Crippen molar-refractivity contribution in [2.45, 2.75) is 33.2 Å². The molecule has 2 unspecified atom stereocenters. The van der Waals surface area contributed by atoms with Gasteiger partial charge in [0.15, 0.2) is 0 Å². The Balaban J connectivity index is 2.06. The Labute approximate surface area is 116 Å². The predicted octanol–water partition coefficient (Wildman–Crippen LogP) is 3.42. The van der Waals surface area contributed by atoms with Gasteiger partial charge in [0.1, 0.15) is 5.82 Å². The summed E-state index contributed by atoms with van der Waals surface area (Å²) in [7, 11) is 2.07. The van der Waals surface area contributed by atoms with Crippen LogP contribution in [0, 0.1) is 17.7 Å². The second kappa shape index (κ2) is 6.38. The molecule has 0 spiro atoms. The molecule has 0 amide bonds. The zero-order chi connectivity index (χ0) is 13.8. The van der Waals surface area contributed by atoms with Crippen LogP contribution in [0.4, 0.5) is 10.1 Å². The smallest absolute Gasteiger partial charge is 0.129 e. The average Bonchev–Trinajstić information content (AvgIpc) is 3.07. The highest BCUT2D eigenvalue weighted by atomic mass is 19.1. The standard InChI is InChI=1S/C16H25FN2/c1-4-8-18-10-14-15(17)6-5-7-16(14)19(3)11-13-9-12(13)2/h5-7,12-13,18H,4,8-11H2,1-3H3. The summed E-state index contributed by atoms with van der Waals surface area (Å²) < 4.78 is 14.0. The van der Waals surface area contributed by atoms with Gasteiger partial charge in [0.05, 0.1) is 0 Å². The summed E-state index contributed by atoms with van der Waals surface area (Å²) >= 11 is 0. The second-order valence-electron chi connectivity index (χ2n) is 5.77. The summed E-state index contributed by atoms with van der Waals surface area (Å²) in [5.74, 6) is 1.51. The van der Waals surface area contributed by atoms with Gasteiger partial charge in [-0.25, -0.2) is 4.39 Å². The highest BCUT2D eigenvalue weighted by Gasteiger charge is 2.33. The van der Waals surface area contributed by atoms with Crippen molar-refractivity contribution in [1.82, 2.24) is 5.32 Å². The molecule has 0 radical (unpaired) electrons. The normalized spacial score (nSPS) is 21.5. The van der Waals surface area contributed by atoms with Crippen LogP contribution in [0.3, 0.4) is 0 Å². The van der Waals surface area contributed by atoms with Crippen molar-refractivity contribution in [3.8, 4) is 0 Å². The SMILES string of the molecule is CCCNCc1c(F)cccc1N(C)CC1CC1C. The molecule has 3 heteroatoms. The summed E-state index contributed by atoms with van der Waals surface area (Å²) in [5.41, 5.74) is 1.83. The Morgan fingerprint density at radius 1 is 1.42 bits per heavy atom. The third-order valence-corrected chi connectivity index (χ3v) is 4.02. The zero-order valence-corrected chi connectivity index (χ0v) is 12.2. The molecular formula is C16H25FN2. The molecule has 2 atom stereocenters. The largest absolute Gasteiger partial charge is 0.374 e. The van der Waals surface area contributed by atoms with E-state index >= 15 is 0 Å². The summed E-state index contributed by atoms with van der Waals surface area (Å²) in [4.78, 5) is 2.21. The van der Waals surface area contributed by atoms with Crippen molar-refractivity contribution in [3.63, 3.8) is 0 Å². The maximum Gasteiger partial charge on any atom is 0.129 e. The van der Waals surface area contributed by atoms with Gasteiger partial charge in [0.2, 0.25) is 0 Å². The summed E-state index contributed by atoms with van der Waals surface area (Å²) in [6.45, 7) is 6.98.